The monoisotopic (exact) mass is 801 g/mol. The molecule has 0 saturated carbocycles. The average molecular weight is 802 g/mol. The highest BCUT2D eigenvalue weighted by Gasteiger charge is 2.60. The summed E-state index contributed by atoms with van der Waals surface area (Å²) in [6.45, 7) is 26.4. The molecule has 7 nitrogen and oxygen atoms in total. The van der Waals surface area contributed by atoms with Gasteiger partial charge < -0.3 is 18.5 Å². The minimum Gasteiger partial charge on any atom is -0.457 e. The lowest BCUT2D eigenvalue weighted by molar-refractivity contribution is -0.162. The minimum absolute atomic E-state index is 0.0216. The van der Waals surface area contributed by atoms with E-state index < -0.39 is 53.5 Å². The summed E-state index contributed by atoms with van der Waals surface area (Å²) in [7, 11) is -4.53. The molecule has 0 spiro atoms. The number of ether oxygens (including phenoxy) is 1. The van der Waals surface area contributed by atoms with Gasteiger partial charge in [-0.05, 0) is 72.4 Å². The third-order valence-electron chi connectivity index (χ3n) is 12.1. The zero-order valence-corrected chi connectivity index (χ0v) is 38.1. The number of carbonyl (C=O) groups is 3. The van der Waals surface area contributed by atoms with Crippen molar-refractivity contribution in [3.63, 3.8) is 0 Å². The van der Waals surface area contributed by atoms with Gasteiger partial charge >= 0.3 is 5.97 Å². The summed E-state index contributed by atoms with van der Waals surface area (Å²) in [6, 6.07) is 29.1. The quantitative estimate of drug-likeness (QED) is 0.0474. The van der Waals surface area contributed by atoms with E-state index >= 15 is 9.59 Å². The van der Waals surface area contributed by atoms with Crippen LogP contribution in [-0.2, 0) is 28.0 Å². The largest absolute Gasteiger partial charge is 0.457 e. The average Bonchev–Trinajstić information content (AvgIpc) is 3.11. The molecule has 1 saturated heterocycles. The number of benzene rings is 3. The van der Waals surface area contributed by atoms with Crippen molar-refractivity contribution in [2.24, 2.45) is 11.8 Å². The highest BCUT2D eigenvalue weighted by molar-refractivity contribution is 7.96. The van der Waals surface area contributed by atoms with Crippen molar-refractivity contribution in [1.82, 2.24) is 4.90 Å². The molecule has 0 aromatic heterocycles. The number of rotatable bonds is 16. The molecule has 1 aliphatic heterocycles. The van der Waals surface area contributed by atoms with Crippen molar-refractivity contribution in [2.75, 3.05) is 13.2 Å². The van der Waals surface area contributed by atoms with Crippen LogP contribution in [0.15, 0.2) is 104 Å². The first kappa shape index (κ1) is 44.4. The van der Waals surface area contributed by atoms with Crippen LogP contribution >= 0.6 is 6.89 Å². The number of nitrogens with zero attached hydrogens (tertiary/aromatic N) is 1. The second-order valence-corrected chi connectivity index (χ2v) is 30.7. The molecule has 0 aliphatic carbocycles. The maximum Gasteiger partial charge on any atom is 0.356 e. The number of ketones is 1. The van der Waals surface area contributed by atoms with Gasteiger partial charge in [0.2, 0.25) is 5.91 Å². The predicted molar refractivity (Wildman–Crippen MR) is 235 cm³/mol. The number of hydrogen-bond donors (Lipinski definition) is 0. The van der Waals surface area contributed by atoms with E-state index in [1.165, 1.54) is 6.08 Å². The van der Waals surface area contributed by atoms with Gasteiger partial charge in [-0.25, -0.2) is 4.79 Å². The molecule has 3 aromatic rings. The van der Waals surface area contributed by atoms with E-state index in [4.69, 9.17) is 13.6 Å². The van der Waals surface area contributed by atoms with Crippen molar-refractivity contribution in [3.8, 4) is 0 Å². The first-order chi connectivity index (χ1) is 25.6. The first-order valence-corrected chi connectivity index (χ1v) is 27.1. The number of carbonyl (C=O) groups excluding carboxylic acids is 3. The molecule has 0 radical (unpaired) electrons. The van der Waals surface area contributed by atoms with Gasteiger partial charge in [0.15, 0.2) is 16.6 Å². The molecule has 0 bridgehead atoms. The Morgan fingerprint density at radius 1 is 0.800 bits per heavy atom. The lowest BCUT2D eigenvalue weighted by atomic mass is 9.73. The fourth-order valence-corrected chi connectivity index (χ4v) is 13.9. The van der Waals surface area contributed by atoms with Crippen LogP contribution < -0.4 is 15.9 Å². The summed E-state index contributed by atoms with van der Waals surface area (Å²) >= 11 is 0. The van der Waals surface area contributed by atoms with Crippen LogP contribution in [0.4, 0.5) is 0 Å². The van der Waals surface area contributed by atoms with Crippen LogP contribution in [0.2, 0.25) is 36.3 Å². The molecule has 0 unspecified atom stereocenters. The number of likely N-dealkylation sites (tertiary alicyclic amines) is 1. The predicted octanol–water partition coefficient (Wildman–Crippen LogP) is 8.69. The van der Waals surface area contributed by atoms with Gasteiger partial charge in [0.1, 0.15) is 17.8 Å². The zero-order chi connectivity index (χ0) is 41.0. The molecule has 1 fully saturated rings. The van der Waals surface area contributed by atoms with Crippen LogP contribution in [0.25, 0.3) is 0 Å². The van der Waals surface area contributed by atoms with Gasteiger partial charge in [0, 0.05) is 19.4 Å². The Kier molecular flexibility index (Phi) is 14.1. The lowest BCUT2D eigenvalue weighted by Crippen LogP contribution is -2.72. The molecule has 0 N–H and O–H groups in total. The maximum atomic E-state index is 15.3. The summed E-state index contributed by atoms with van der Waals surface area (Å²) in [6.07, 6.45) is 1.41. The highest BCUT2D eigenvalue weighted by Crippen LogP contribution is 2.51. The maximum absolute atomic E-state index is 15.3. The van der Waals surface area contributed by atoms with Gasteiger partial charge in [-0.1, -0.05) is 145 Å². The first-order valence-electron chi connectivity index (χ1n) is 19.5. The topological polar surface area (TPSA) is 82.1 Å². The number of Topliss-reactive ketones (excluding diaryl/α,β-unsaturated/α-hetero) is 1. The number of hydrogen-bond acceptors (Lipinski definition) is 6. The second-order valence-electron chi connectivity index (χ2n) is 17.8. The van der Waals surface area contributed by atoms with Crippen LogP contribution in [0, 0.1) is 11.8 Å². The van der Waals surface area contributed by atoms with Gasteiger partial charge in [-0.2, -0.15) is 0 Å². The van der Waals surface area contributed by atoms with Crippen LogP contribution in [0.1, 0.15) is 61.8 Å². The number of amides is 1. The van der Waals surface area contributed by atoms with Crippen molar-refractivity contribution in [3.05, 3.63) is 104 Å². The molecule has 55 heavy (non-hydrogen) atoms. The van der Waals surface area contributed by atoms with E-state index in [1.807, 2.05) is 97.9 Å². The van der Waals surface area contributed by atoms with Crippen molar-refractivity contribution < 1.29 is 28.0 Å². The van der Waals surface area contributed by atoms with Gasteiger partial charge in [0.05, 0.1) is 18.1 Å². The summed E-state index contributed by atoms with van der Waals surface area (Å²) in [4.78, 5) is 46.1. The Labute approximate surface area is 333 Å². The lowest BCUT2D eigenvalue weighted by Gasteiger charge is -2.55. The van der Waals surface area contributed by atoms with Gasteiger partial charge in [-0.3, -0.25) is 9.59 Å². The molecule has 1 amide bonds. The molecule has 1 aliphatic rings. The van der Waals surface area contributed by atoms with Crippen molar-refractivity contribution >= 4 is 62.5 Å². The normalized spacial score (nSPS) is 17.9. The molecular weight excluding hydrogens is 738 g/mol. The SMILES string of the molecule is C=CCOC(=O)C(N1C(=O)[C@H]([C@@H](C)O[Si](C)(C)C(C)(C)C)[C@H]1[C@@H](CCO[Si](C)(C)C(C)(C)C)C(C)=O)=P(c1ccccc1)(c1ccccc1)c1ccccc1. The highest BCUT2D eigenvalue weighted by atomic mass is 31.2. The molecule has 3 aromatic carbocycles. The second kappa shape index (κ2) is 17.4. The van der Waals surface area contributed by atoms with Gasteiger partial charge in [-0.15, -0.1) is 0 Å². The summed E-state index contributed by atoms with van der Waals surface area (Å²) < 4.78 is 19.6. The Morgan fingerprint density at radius 3 is 1.62 bits per heavy atom. The number of esters is 1. The fraction of sp³-hybridized carbons (Fsp3) is 0.467. The zero-order valence-electron chi connectivity index (χ0n) is 35.2. The van der Waals surface area contributed by atoms with Crippen LogP contribution in [0.5, 0.6) is 0 Å². The van der Waals surface area contributed by atoms with E-state index in [1.54, 1.807) is 11.8 Å². The van der Waals surface area contributed by atoms with E-state index in [2.05, 4.69) is 74.3 Å². The third kappa shape index (κ3) is 9.13. The molecule has 10 heteroatoms. The van der Waals surface area contributed by atoms with E-state index in [9.17, 15) is 4.79 Å². The van der Waals surface area contributed by atoms with Crippen molar-refractivity contribution in [1.29, 1.82) is 0 Å². The Hall–Kier alpha value is -3.34. The fourth-order valence-electron chi connectivity index (χ4n) is 7.04. The molecule has 1 heterocycles. The third-order valence-corrected chi connectivity index (χ3v) is 25.5. The Balaban J connectivity index is 2.12. The molecular formula is C45H64NO6PSi2. The summed E-state index contributed by atoms with van der Waals surface area (Å²) in [5.41, 5.74) is 0.250. The van der Waals surface area contributed by atoms with Crippen molar-refractivity contribution in [2.45, 2.75) is 110 Å². The Bertz CT molecular complexity index is 1760. The van der Waals surface area contributed by atoms with E-state index in [0.717, 1.165) is 15.9 Å². The Morgan fingerprint density at radius 2 is 1.24 bits per heavy atom. The molecule has 4 rings (SSSR count). The van der Waals surface area contributed by atoms with Gasteiger partial charge in [0.25, 0.3) is 0 Å². The van der Waals surface area contributed by atoms with Crippen LogP contribution in [-0.4, -0.2) is 70.0 Å². The standard InChI is InChI=1S/C45H64NO6PSi2/c1-14-31-50-43(49)42(53(35-24-18-15-19-25-35,36-26-20-16-21-27-36)37-28-22-17-23-29-37)46-40(38(33(2)47)30-32-51-54(10,11)44(4,5)6)39(41(46)48)34(3)52-55(12,13)45(7,8)9/h14-29,34,38-40H,1,30-32H2,2-13H3/t34-,38+,39-,40-/m1/s1. The van der Waals surface area contributed by atoms with E-state index in [0.29, 0.717) is 13.0 Å². The summed E-state index contributed by atoms with van der Waals surface area (Å²) in [5.74, 6) is -2.23. The number of β-lactam (4-membered cyclic amide) rings is 1. The summed E-state index contributed by atoms with van der Waals surface area (Å²) in [5, 5.41) is 2.53. The molecule has 298 valence electrons. The van der Waals surface area contributed by atoms with Crippen LogP contribution in [0.3, 0.4) is 0 Å². The smallest absolute Gasteiger partial charge is 0.356 e. The minimum atomic E-state index is -3.18. The van der Waals surface area contributed by atoms with E-state index in [-0.39, 0.29) is 33.8 Å². The molecule has 4 atom stereocenters.